The Bertz CT molecular complexity index is 1090. The summed E-state index contributed by atoms with van der Waals surface area (Å²) in [6.07, 6.45) is 1.69. The van der Waals surface area contributed by atoms with Gasteiger partial charge in [-0.15, -0.1) is 0 Å². The molecule has 4 rings (SSSR count). The summed E-state index contributed by atoms with van der Waals surface area (Å²) in [5.41, 5.74) is 3.97. The van der Waals surface area contributed by atoms with Crippen LogP contribution in [0.1, 0.15) is 16.1 Å². The number of carbonyl (C=O) groups is 1. The number of hydrogen-bond acceptors (Lipinski definition) is 4. The smallest absolute Gasteiger partial charge is 0.261 e. The number of nitrogens with one attached hydrogen (secondary N) is 2. The van der Waals surface area contributed by atoms with Crippen molar-refractivity contribution in [3.63, 3.8) is 0 Å². The molecule has 0 bridgehead atoms. The van der Waals surface area contributed by atoms with Crippen LogP contribution in [-0.4, -0.2) is 21.3 Å². The SMILES string of the molecule is Cc1onc(-c2ccccc2Cl)c1C(=O)Nc1ccc(-c2ccn[nH]2)cc1. The zero-order valence-electron chi connectivity index (χ0n) is 14.4. The van der Waals surface area contributed by atoms with E-state index in [0.29, 0.717) is 33.3 Å². The Hall–Kier alpha value is -3.38. The van der Waals surface area contributed by atoms with Crippen LogP contribution >= 0.6 is 11.6 Å². The van der Waals surface area contributed by atoms with Gasteiger partial charge in [0.15, 0.2) is 0 Å². The zero-order valence-corrected chi connectivity index (χ0v) is 15.1. The Morgan fingerprint density at radius 1 is 1.11 bits per heavy atom. The lowest BCUT2D eigenvalue weighted by Gasteiger charge is -2.07. The molecular formula is C20H15ClN4O2. The number of aromatic amines is 1. The largest absolute Gasteiger partial charge is 0.360 e. The van der Waals surface area contributed by atoms with Gasteiger partial charge in [0.05, 0.1) is 10.7 Å². The van der Waals surface area contributed by atoms with Crippen LogP contribution in [0.15, 0.2) is 65.3 Å². The molecule has 0 radical (unpaired) electrons. The van der Waals surface area contributed by atoms with Crippen LogP contribution in [0.3, 0.4) is 0 Å². The highest BCUT2D eigenvalue weighted by molar-refractivity contribution is 6.33. The van der Waals surface area contributed by atoms with Gasteiger partial charge in [0.25, 0.3) is 5.91 Å². The molecule has 0 saturated carbocycles. The van der Waals surface area contributed by atoms with Gasteiger partial charge in [-0.2, -0.15) is 5.10 Å². The molecule has 2 N–H and O–H groups in total. The summed E-state index contributed by atoms with van der Waals surface area (Å²) in [4.78, 5) is 12.8. The third-order valence-electron chi connectivity index (χ3n) is 4.17. The lowest BCUT2D eigenvalue weighted by atomic mass is 10.1. The standard InChI is InChI=1S/C20H15ClN4O2/c1-12-18(19(25-27-12)15-4-2-3-5-16(15)21)20(26)23-14-8-6-13(7-9-14)17-10-11-22-24-17/h2-11H,1H3,(H,22,24)(H,23,26). The normalized spacial score (nSPS) is 10.7. The van der Waals surface area contributed by atoms with Gasteiger partial charge in [-0.1, -0.05) is 47.1 Å². The third kappa shape index (κ3) is 3.35. The lowest BCUT2D eigenvalue weighted by Crippen LogP contribution is -2.13. The van der Waals surface area contributed by atoms with Crippen LogP contribution in [0.4, 0.5) is 5.69 Å². The van der Waals surface area contributed by atoms with Crippen molar-refractivity contribution in [1.82, 2.24) is 15.4 Å². The van der Waals surface area contributed by atoms with Crippen LogP contribution in [-0.2, 0) is 0 Å². The van der Waals surface area contributed by atoms with E-state index < -0.39 is 0 Å². The van der Waals surface area contributed by atoms with E-state index in [9.17, 15) is 4.79 Å². The van der Waals surface area contributed by atoms with E-state index in [1.54, 1.807) is 25.3 Å². The number of benzene rings is 2. The molecule has 0 saturated heterocycles. The fraction of sp³-hybridized carbons (Fsp3) is 0.0500. The van der Waals surface area contributed by atoms with Crippen LogP contribution in [0.2, 0.25) is 5.02 Å². The van der Waals surface area contributed by atoms with E-state index in [1.165, 1.54) is 0 Å². The molecule has 4 aromatic rings. The molecule has 0 spiro atoms. The summed E-state index contributed by atoms with van der Waals surface area (Å²) in [6, 6.07) is 16.5. The summed E-state index contributed by atoms with van der Waals surface area (Å²) >= 11 is 6.25. The van der Waals surface area contributed by atoms with Gasteiger partial charge < -0.3 is 9.84 Å². The first kappa shape index (κ1) is 17.1. The van der Waals surface area contributed by atoms with Crippen LogP contribution in [0.5, 0.6) is 0 Å². The molecule has 6 nitrogen and oxygen atoms in total. The second kappa shape index (κ2) is 7.09. The molecular weight excluding hydrogens is 364 g/mol. The molecule has 0 fully saturated rings. The summed E-state index contributed by atoms with van der Waals surface area (Å²) in [7, 11) is 0. The van der Waals surface area contributed by atoms with Crippen molar-refractivity contribution in [2.75, 3.05) is 5.32 Å². The van der Waals surface area contributed by atoms with Crippen molar-refractivity contribution in [2.24, 2.45) is 0 Å². The highest BCUT2D eigenvalue weighted by atomic mass is 35.5. The summed E-state index contributed by atoms with van der Waals surface area (Å²) in [6.45, 7) is 1.70. The van der Waals surface area contributed by atoms with Gasteiger partial charge in [0, 0.05) is 17.4 Å². The Morgan fingerprint density at radius 2 is 1.89 bits per heavy atom. The number of amides is 1. The Kier molecular flexibility index (Phi) is 4.48. The average Bonchev–Trinajstić information content (AvgIpc) is 3.33. The maximum absolute atomic E-state index is 12.8. The lowest BCUT2D eigenvalue weighted by molar-refractivity contribution is 0.102. The third-order valence-corrected chi connectivity index (χ3v) is 4.50. The number of rotatable bonds is 4. The predicted molar refractivity (Wildman–Crippen MR) is 104 cm³/mol. The van der Waals surface area contributed by atoms with Gasteiger partial charge in [0.2, 0.25) is 0 Å². The highest BCUT2D eigenvalue weighted by Crippen LogP contribution is 2.31. The van der Waals surface area contributed by atoms with Gasteiger partial charge >= 0.3 is 0 Å². The molecule has 0 unspecified atom stereocenters. The van der Waals surface area contributed by atoms with Crippen molar-refractivity contribution < 1.29 is 9.32 Å². The number of anilines is 1. The Morgan fingerprint density at radius 3 is 2.59 bits per heavy atom. The molecule has 2 aromatic heterocycles. The number of hydrogen-bond donors (Lipinski definition) is 2. The van der Waals surface area contributed by atoms with E-state index in [0.717, 1.165) is 11.3 Å². The molecule has 0 atom stereocenters. The molecule has 2 aromatic carbocycles. The molecule has 7 heteroatoms. The second-order valence-corrected chi connectivity index (χ2v) is 6.35. The zero-order chi connectivity index (χ0) is 18.8. The first-order valence-electron chi connectivity index (χ1n) is 8.26. The fourth-order valence-electron chi connectivity index (χ4n) is 2.82. The van der Waals surface area contributed by atoms with Crippen molar-refractivity contribution in [1.29, 1.82) is 0 Å². The topological polar surface area (TPSA) is 83.8 Å². The van der Waals surface area contributed by atoms with Gasteiger partial charge in [-0.3, -0.25) is 9.89 Å². The quantitative estimate of drug-likeness (QED) is 0.526. The molecule has 0 aliphatic rings. The predicted octanol–water partition coefficient (Wildman–Crippen LogP) is 4.95. The molecule has 0 aliphatic carbocycles. The number of H-pyrrole nitrogens is 1. The minimum Gasteiger partial charge on any atom is -0.360 e. The maximum Gasteiger partial charge on any atom is 0.261 e. The first-order valence-corrected chi connectivity index (χ1v) is 8.63. The second-order valence-electron chi connectivity index (χ2n) is 5.94. The average molecular weight is 379 g/mol. The van der Waals surface area contributed by atoms with E-state index in [4.69, 9.17) is 16.1 Å². The highest BCUT2D eigenvalue weighted by Gasteiger charge is 2.23. The van der Waals surface area contributed by atoms with E-state index >= 15 is 0 Å². The van der Waals surface area contributed by atoms with Crippen LogP contribution in [0, 0.1) is 6.92 Å². The number of carbonyl (C=O) groups excluding carboxylic acids is 1. The number of aromatic nitrogens is 3. The van der Waals surface area contributed by atoms with Gasteiger partial charge in [-0.05, 0) is 36.8 Å². The summed E-state index contributed by atoms with van der Waals surface area (Å²) < 4.78 is 5.25. The minimum absolute atomic E-state index is 0.307. The van der Waals surface area contributed by atoms with Crippen molar-refractivity contribution in [3.8, 4) is 22.5 Å². The van der Waals surface area contributed by atoms with Crippen molar-refractivity contribution >= 4 is 23.2 Å². The molecule has 0 aliphatic heterocycles. The summed E-state index contributed by atoms with van der Waals surface area (Å²) in [5.74, 6) is 0.120. The summed E-state index contributed by atoms with van der Waals surface area (Å²) in [5, 5.41) is 14.2. The van der Waals surface area contributed by atoms with Crippen molar-refractivity contribution in [3.05, 3.63) is 77.1 Å². The Labute approximate surface area is 160 Å². The maximum atomic E-state index is 12.8. The minimum atomic E-state index is -0.307. The molecule has 1 amide bonds. The number of aryl methyl sites for hydroxylation is 1. The van der Waals surface area contributed by atoms with Gasteiger partial charge in [-0.25, -0.2) is 0 Å². The van der Waals surface area contributed by atoms with E-state index in [1.807, 2.05) is 42.5 Å². The van der Waals surface area contributed by atoms with E-state index in [-0.39, 0.29) is 5.91 Å². The number of halogens is 1. The van der Waals surface area contributed by atoms with Crippen LogP contribution < -0.4 is 5.32 Å². The number of nitrogens with zero attached hydrogens (tertiary/aromatic N) is 2. The van der Waals surface area contributed by atoms with Gasteiger partial charge in [0.1, 0.15) is 17.0 Å². The van der Waals surface area contributed by atoms with Crippen molar-refractivity contribution in [2.45, 2.75) is 6.92 Å². The molecule has 2 heterocycles. The molecule has 27 heavy (non-hydrogen) atoms. The fourth-order valence-corrected chi connectivity index (χ4v) is 3.05. The Balaban J connectivity index is 1.61. The first-order chi connectivity index (χ1) is 13.1. The van der Waals surface area contributed by atoms with E-state index in [2.05, 4.69) is 20.7 Å². The van der Waals surface area contributed by atoms with Crippen LogP contribution in [0.25, 0.3) is 22.5 Å². The monoisotopic (exact) mass is 378 g/mol. The molecule has 134 valence electrons.